The lowest BCUT2D eigenvalue weighted by Gasteiger charge is -1.94. The van der Waals surface area contributed by atoms with E-state index in [9.17, 15) is 10.1 Å². The third kappa shape index (κ3) is 2.14. The van der Waals surface area contributed by atoms with E-state index in [1.54, 1.807) is 12.1 Å². The average Bonchev–Trinajstić information content (AvgIpc) is 1.85. The molecule has 0 fully saturated rings. The van der Waals surface area contributed by atoms with Crippen molar-refractivity contribution in [2.75, 3.05) is 0 Å². The zero-order valence-corrected chi connectivity index (χ0v) is 8.03. The Kier molecular flexibility index (Phi) is 2.43. The molecule has 0 amide bonds. The highest BCUT2D eigenvalue weighted by Gasteiger charge is 2.05. The summed E-state index contributed by atoms with van der Waals surface area (Å²) in [5.74, 6) is 0. The zero-order valence-electron chi connectivity index (χ0n) is 5.87. The van der Waals surface area contributed by atoms with Gasteiger partial charge in [-0.3, -0.25) is 10.1 Å². The Labute approximate surface area is 77.7 Å². The van der Waals surface area contributed by atoms with Gasteiger partial charge in [0.15, 0.2) is 0 Å². The predicted molar refractivity (Wildman–Crippen MR) is 50.6 cm³/mol. The van der Waals surface area contributed by atoms with E-state index in [1.807, 2.05) is 13.0 Å². The van der Waals surface area contributed by atoms with Crippen LogP contribution in [0.3, 0.4) is 0 Å². The Morgan fingerprint density at radius 2 is 2.09 bits per heavy atom. The number of rotatable bonds is 1. The Morgan fingerprint density at radius 1 is 1.45 bits per heavy atom. The Bertz CT molecular complexity index is 278. The van der Waals surface area contributed by atoms with Gasteiger partial charge in [-0.15, -0.1) is 0 Å². The van der Waals surface area contributed by atoms with Gasteiger partial charge in [-0.2, -0.15) is 0 Å². The van der Waals surface area contributed by atoms with Gasteiger partial charge < -0.3 is 0 Å². The topological polar surface area (TPSA) is 43.1 Å². The maximum absolute atomic E-state index is 10.3. The second-order valence-corrected chi connectivity index (χ2v) is 3.49. The molecule has 0 aliphatic carbocycles. The van der Waals surface area contributed by atoms with E-state index in [2.05, 4.69) is 22.6 Å². The monoisotopic (exact) mass is 263 g/mol. The van der Waals surface area contributed by atoms with Crippen molar-refractivity contribution in [1.82, 2.24) is 0 Å². The van der Waals surface area contributed by atoms with Crippen LogP contribution in [-0.4, -0.2) is 4.92 Å². The van der Waals surface area contributed by atoms with Crippen molar-refractivity contribution in [2.45, 2.75) is 6.92 Å². The van der Waals surface area contributed by atoms with Crippen LogP contribution >= 0.6 is 22.6 Å². The molecular weight excluding hydrogens is 257 g/mol. The molecule has 0 saturated carbocycles. The summed E-state index contributed by atoms with van der Waals surface area (Å²) in [6.07, 6.45) is 0. The number of aryl methyl sites for hydroxylation is 1. The SMILES string of the molecule is Cc1cc(I)cc([N+](=O)[O-])c1. The summed E-state index contributed by atoms with van der Waals surface area (Å²) < 4.78 is 0.898. The largest absolute Gasteiger partial charge is 0.270 e. The number of nitro benzene ring substituents is 1. The van der Waals surface area contributed by atoms with Crippen LogP contribution in [0.15, 0.2) is 18.2 Å². The molecule has 0 atom stereocenters. The van der Waals surface area contributed by atoms with Crippen LogP contribution in [0, 0.1) is 20.6 Å². The molecule has 0 radical (unpaired) electrons. The summed E-state index contributed by atoms with van der Waals surface area (Å²) in [6.45, 7) is 1.84. The van der Waals surface area contributed by atoms with Crippen molar-refractivity contribution < 1.29 is 4.92 Å². The molecule has 1 aromatic rings. The molecule has 1 aromatic carbocycles. The van der Waals surface area contributed by atoms with Gasteiger partial charge in [-0.05, 0) is 41.1 Å². The van der Waals surface area contributed by atoms with Crippen molar-refractivity contribution in [3.63, 3.8) is 0 Å². The maximum atomic E-state index is 10.3. The summed E-state index contributed by atoms with van der Waals surface area (Å²) in [5, 5.41) is 10.3. The highest BCUT2D eigenvalue weighted by Crippen LogP contribution is 2.17. The summed E-state index contributed by atoms with van der Waals surface area (Å²) in [6, 6.07) is 5.00. The van der Waals surface area contributed by atoms with Gasteiger partial charge in [-0.25, -0.2) is 0 Å². The van der Waals surface area contributed by atoms with Crippen LogP contribution in [0.4, 0.5) is 5.69 Å². The van der Waals surface area contributed by atoms with Crippen LogP contribution in [0.25, 0.3) is 0 Å². The molecule has 0 bridgehead atoms. The van der Waals surface area contributed by atoms with E-state index < -0.39 is 0 Å². The average molecular weight is 263 g/mol. The number of nitrogens with zero attached hydrogens (tertiary/aromatic N) is 1. The zero-order chi connectivity index (χ0) is 8.43. The van der Waals surface area contributed by atoms with E-state index in [-0.39, 0.29) is 10.6 Å². The standard InChI is InChI=1S/C7H6INO2/c1-5-2-6(8)4-7(3-5)9(10)11/h2-4H,1H3. The minimum absolute atomic E-state index is 0.161. The van der Waals surface area contributed by atoms with Crippen LogP contribution in [0.5, 0.6) is 0 Å². The van der Waals surface area contributed by atoms with Crippen molar-refractivity contribution in [3.05, 3.63) is 37.4 Å². The fourth-order valence-corrected chi connectivity index (χ4v) is 1.63. The van der Waals surface area contributed by atoms with E-state index in [1.165, 1.54) is 0 Å². The molecule has 0 spiro atoms. The molecule has 0 unspecified atom stereocenters. The van der Waals surface area contributed by atoms with Crippen molar-refractivity contribution in [1.29, 1.82) is 0 Å². The normalized spacial score (nSPS) is 9.64. The molecule has 0 heterocycles. The maximum Gasteiger partial charge on any atom is 0.270 e. The number of nitro groups is 1. The first-order chi connectivity index (χ1) is 5.09. The predicted octanol–water partition coefficient (Wildman–Crippen LogP) is 2.51. The summed E-state index contributed by atoms with van der Waals surface area (Å²) >= 11 is 2.06. The summed E-state index contributed by atoms with van der Waals surface area (Å²) in [7, 11) is 0. The number of hydrogen-bond acceptors (Lipinski definition) is 2. The van der Waals surface area contributed by atoms with Crippen LogP contribution in [0.1, 0.15) is 5.56 Å². The van der Waals surface area contributed by atoms with Crippen LogP contribution < -0.4 is 0 Å². The van der Waals surface area contributed by atoms with Crippen molar-refractivity contribution in [2.24, 2.45) is 0 Å². The minimum Gasteiger partial charge on any atom is -0.258 e. The minimum atomic E-state index is -0.380. The molecule has 0 N–H and O–H groups in total. The highest BCUT2D eigenvalue weighted by atomic mass is 127. The van der Waals surface area contributed by atoms with Gasteiger partial charge in [-0.1, -0.05) is 0 Å². The third-order valence-electron chi connectivity index (χ3n) is 1.24. The summed E-state index contributed by atoms with van der Waals surface area (Å²) in [5.41, 5.74) is 1.08. The quantitative estimate of drug-likeness (QED) is 0.444. The van der Waals surface area contributed by atoms with Gasteiger partial charge in [0.1, 0.15) is 0 Å². The first kappa shape index (κ1) is 8.45. The van der Waals surface area contributed by atoms with Gasteiger partial charge >= 0.3 is 0 Å². The van der Waals surface area contributed by atoms with Gasteiger partial charge in [0.05, 0.1) is 4.92 Å². The lowest BCUT2D eigenvalue weighted by atomic mass is 10.2. The molecule has 3 nitrogen and oxygen atoms in total. The number of benzene rings is 1. The molecule has 0 aliphatic rings. The molecule has 1 rings (SSSR count). The van der Waals surface area contributed by atoms with E-state index in [0.29, 0.717) is 0 Å². The highest BCUT2D eigenvalue weighted by molar-refractivity contribution is 14.1. The van der Waals surface area contributed by atoms with Crippen LogP contribution in [0.2, 0.25) is 0 Å². The molecule has 4 heteroatoms. The van der Waals surface area contributed by atoms with Gasteiger partial charge in [0, 0.05) is 15.7 Å². The molecule has 11 heavy (non-hydrogen) atoms. The number of non-ortho nitro benzene ring substituents is 1. The fraction of sp³-hybridized carbons (Fsp3) is 0.143. The Morgan fingerprint density at radius 3 is 2.55 bits per heavy atom. The lowest BCUT2D eigenvalue weighted by Crippen LogP contribution is -1.89. The lowest BCUT2D eigenvalue weighted by molar-refractivity contribution is -0.385. The van der Waals surface area contributed by atoms with E-state index in [4.69, 9.17) is 0 Å². The van der Waals surface area contributed by atoms with Crippen molar-refractivity contribution in [3.8, 4) is 0 Å². The number of hydrogen-bond donors (Lipinski definition) is 0. The van der Waals surface area contributed by atoms with E-state index in [0.717, 1.165) is 9.13 Å². The van der Waals surface area contributed by atoms with Crippen LogP contribution in [-0.2, 0) is 0 Å². The third-order valence-corrected chi connectivity index (χ3v) is 1.86. The first-order valence-corrected chi connectivity index (χ1v) is 4.09. The first-order valence-electron chi connectivity index (χ1n) is 3.01. The molecular formula is C7H6INO2. The second-order valence-electron chi connectivity index (χ2n) is 2.24. The smallest absolute Gasteiger partial charge is 0.258 e. The second kappa shape index (κ2) is 3.17. The fourth-order valence-electron chi connectivity index (χ4n) is 0.822. The Hall–Kier alpha value is -0.650. The number of halogens is 1. The van der Waals surface area contributed by atoms with Gasteiger partial charge in [0.25, 0.3) is 5.69 Å². The van der Waals surface area contributed by atoms with Crippen molar-refractivity contribution >= 4 is 28.3 Å². The Balaban J connectivity index is 3.19. The molecule has 0 aliphatic heterocycles. The summed E-state index contributed by atoms with van der Waals surface area (Å²) in [4.78, 5) is 9.93. The molecule has 58 valence electrons. The van der Waals surface area contributed by atoms with Gasteiger partial charge in [0.2, 0.25) is 0 Å². The molecule has 0 aromatic heterocycles. The molecule has 0 saturated heterocycles. The van der Waals surface area contributed by atoms with E-state index >= 15 is 0 Å².